The third kappa shape index (κ3) is 4.64. The van der Waals surface area contributed by atoms with E-state index in [4.69, 9.17) is 4.74 Å². The van der Waals surface area contributed by atoms with Crippen molar-refractivity contribution < 1.29 is 19.4 Å². The van der Waals surface area contributed by atoms with Gasteiger partial charge >= 0.3 is 0 Å². The van der Waals surface area contributed by atoms with Crippen molar-refractivity contribution in [3.8, 4) is 5.75 Å². The molecule has 1 N–H and O–H groups in total. The molecule has 0 radical (unpaired) electrons. The molecule has 2 aromatic carbocycles. The van der Waals surface area contributed by atoms with E-state index in [0.717, 1.165) is 16.7 Å². The number of ether oxygens (including phenoxy) is 1. The highest BCUT2D eigenvalue weighted by Crippen LogP contribution is 2.41. The van der Waals surface area contributed by atoms with Crippen LogP contribution in [0.2, 0.25) is 0 Å². The zero-order chi connectivity index (χ0) is 24.5. The van der Waals surface area contributed by atoms with Gasteiger partial charge in [-0.3, -0.25) is 9.59 Å². The van der Waals surface area contributed by atoms with Crippen molar-refractivity contribution in [2.75, 3.05) is 6.61 Å². The van der Waals surface area contributed by atoms with E-state index >= 15 is 0 Å². The number of aliphatic hydroxyl groups excluding tert-OH is 1. The molecular weight excluding hydrogens is 446 g/mol. The first kappa shape index (κ1) is 23.8. The van der Waals surface area contributed by atoms with Crippen LogP contribution in [0.1, 0.15) is 60.1 Å². The second-order valence-electron chi connectivity index (χ2n) is 9.36. The van der Waals surface area contributed by atoms with Gasteiger partial charge in [-0.2, -0.15) is 0 Å². The zero-order valence-electron chi connectivity index (χ0n) is 19.9. The normalized spacial score (nSPS) is 16.3. The highest BCUT2D eigenvalue weighted by atomic mass is 32.1. The number of nitrogens with zero attached hydrogens (tertiary/aromatic N) is 1. The summed E-state index contributed by atoms with van der Waals surface area (Å²) in [7, 11) is 0. The Labute approximate surface area is 204 Å². The van der Waals surface area contributed by atoms with E-state index in [1.165, 1.54) is 11.3 Å². The summed E-state index contributed by atoms with van der Waals surface area (Å²) in [5.74, 6) is -0.642. The molecular formula is C28H29NO4S. The molecule has 2 heterocycles. The number of hydrogen-bond donors (Lipinski definition) is 1. The van der Waals surface area contributed by atoms with Crippen LogP contribution in [0.4, 0.5) is 0 Å². The predicted molar refractivity (Wildman–Crippen MR) is 134 cm³/mol. The number of rotatable bonds is 7. The molecule has 1 aliphatic heterocycles. The summed E-state index contributed by atoms with van der Waals surface area (Å²) in [6.45, 7) is 9.09. The lowest BCUT2D eigenvalue weighted by Gasteiger charge is -2.28. The van der Waals surface area contributed by atoms with Crippen LogP contribution in [-0.2, 0) is 16.8 Å². The topological polar surface area (TPSA) is 66.8 Å². The summed E-state index contributed by atoms with van der Waals surface area (Å²) < 4.78 is 5.61. The molecule has 1 aromatic heterocycles. The van der Waals surface area contributed by atoms with Gasteiger partial charge in [-0.25, -0.2) is 0 Å². The molecule has 0 saturated carbocycles. The standard InChI is InChI=1S/C28H29NO4S/c1-5-33-21-9-6-8-18(16-21)17-29-24(19-11-13-20(14-12-19)28(2,3)4)23(26(31)27(29)32)25(30)22-10-7-15-34-22/h6-16,24,31H,5,17H2,1-4H3. The van der Waals surface area contributed by atoms with Crippen molar-refractivity contribution in [1.82, 2.24) is 4.90 Å². The molecule has 34 heavy (non-hydrogen) atoms. The fourth-order valence-corrected chi connectivity index (χ4v) is 4.88. The summed E-state index contributed by atoms with van der Waals surface area (Å²) in [5, 5.41) is 12.7. The molecule has 0 aliphatic carbocycles. The summed E-state index contributed by atoms with van der Waals surface area (Å²) in [5.41, 5.74) is 2.88. The van der Waals surface area contributed by atoms with Crippen LogP contribution in [0.3, 0.4) is 0 Å². The van der Waals surface area contributed by atoms with Gasteiger partial charge in [0, 0.05) is 6.54 Å². The maximum atomic E-state index is 13.4. The number of carbonyl (C=O) groups is 2. The van der Waals surface area contributed by atoms with Crippen LogP contribution >= 0.6 is 11.3 Å². The van der Waals surface area contributed by atoms with Crippen molar-refractivity contribution in [2.24, 2.45) is 0 Å². The molecule has 1 atom stereocenters. The Kier molecular flexibility index (Phi) is 6.62. The van der Waals surface area contributed by atoms with Gasteiger partial charge in [-0.05, 0) is 52.6 Å². The molecule has 3 aromatic rings. The third-order valence-electron chi connectivity index (χ3n) is 5.95. The van der Waals surface area contributed by atoms with Gasteiger partial charge in [-0.15, -0.1) is 11.3 Å². The molecule has 0 saturated heterocycles. The van der Waals surface area contributed by atoms with E-state index in [2.05, 4.69) is 20.8 Å². The van der Waals surface area contributed by atoms with Crippen molar-refractivity contribution >= 4 is 23.0 Å². The quantitative estimate of drug-likeness (QED) is 0.412. The van der Waals surface area contributed by atoms with Gasteiger partial charge in [-0.1, -0.05) is 63.2 Å². The number of ketones is 1. The Morgan fingerprint density at radius 3 is 2.44 bits per heavy atom. The van der Waals surface area contributed by atoms with E-state index in [0.29, 0.717) is 17.2 Å². The monoisotopic (exact) mass is 475 g/mol. The summed E-state index contributed by atoms with van der Waals surface area (Å²) in [6.07, 6.45) is 0. The maximum absolute atomic E-state index is 13.4. The predicted octanol–water partition coefficient (Wildman–Crippen LogP) is 6.22. The first-order valence-electron chi connectivity index (χ1n) is 11.3. The average molecular weight is 476 g/mol. The zero-order valence-corrected chi connectivity index (χ0v) is 20.7. The number of aliphatic hydroxyl groups is 1. The van der Waals surface area contributed by atoms with E-state index in [-0.39, 0.29) is 23.3 Å². The molecule has 0 fully saturated rings. The smallest absolute Gasteiger partial charge is 0.290 e. The first-order chi connectivity index (χ1) is 16.2. The number of benzene rings is 2. The van der Waals surface area contributed by atoms with Crippen molar-refractivity contribution in [1.29, 1.82) is 0 Å². The minimum atomic E-state index is -0.688. The van der Waals surface area contributed by atoms with Gasteiger partial charge in [0.05, 0.1) is 23.1 Å². The van der Waals surface area contributed by atoms with E-state index in [1.54, 1.807) is 17.0 Å². The molecule has 6 heteroatoms. The highest BCUT2D eigenvalue weighted by Gasteiger charge is 2.44. The highest BCUT2D eigenvalue weighted by molar-refractivity contribution is 7.12. The van der Waals surface area contributed by atoms with Crippen LogP contribution in [0.15, 0.2) is 77.4 Å². The molecule has 0 spiro atoms. The molecule has 1 amide bonds. The molecule has 1 unspecified atom stereocenters. The van der Waals surface area contributed by atoms with E-state index < -0.39 is 17.7 Å². The Morgan fingerprint density at radius 2 is 1.82 bits per heavy atom. The van der Waals surface area contributed by atoms with Crippen LogP contribution in [0.5, 0.6) is 5.75 Å². The first-order valence-corrected chi connectivity index (χ1v) is 12.2. The fraction of sp³-hybridized carbons (Fsp3) is 0.286. The molecule has 176 valence electrons. The number of amides is 1. The number of hydrogen-bond acceptors (Lipinski definition) is 5. The van der Waals surface area contributed by atoms with Crippen LogP contribution in [0, 0.1) is 0 Å². The SMILES string of the molecule is CCOc1cccc(CN2C(=O)C(O)=C(C(=O)c3cccs3)C2c2ccc(C(C)(C)C)cc2)c1. The largest absolute Gasteiger partial charge is 0.503 e. The van der Waals surface area contributed by atoms with Gasteiger partial charge in [0.1, 0.15) is 5.75 Å². The summed E-state index contributed by atoms with van der Waals surface area (Å²) >= 11 is 1.30. The lowest BCUT2D eigenvalue weighted by molar-refractivity contribution is -0.130. The second kappa shape index (κ2) is 9.47. The molecule has 5 nitrogen and oxygen atoms in total. The van der Waals surface area contributed by atoms with Gasteiger partial charge < -0.3 is 14.7 Å². The maximum Gasteiger partial charge on any atom is 0.290 e. The van der Waals surface area contributed by atoms with Gasteiger partial charge in [0.25, 0.3) is 5.91 Å². The molecule has 4 rings (SSSR count). The minimum Gasteiger partial charge on any atom is -0.503 e. The third-order valence-corrected chi connectivity index (χ3v) is 6.82. The van der Waals surface area contributed by atoms with Gasteiger partial charge in [0.2, 0.25) is 5.78 Å². The summed E-state index contributed by atoms with van der Waals surface area (Å²) in [6, 6.07) is 18.3. The van der Waals surface area contributed by atoms with Crippen molar-refractivity contribution in [3.05, 3.63) is 98.9 Å². The number of Topliss-reactive ketones (excluding diaryl/α,β-unsaturated/α-hetero) is 1. The van der Waals surface area contributed by atoms with Crippen molar-refractivity contribution in [3.63, 3.8) is 0 Å². The number of thiophene rings is 1. The van der Waals surface area contributed by atoms with E-state index in [1.807, 2.05) is 60.8 Å². The fourth-order valence-electron chi connectivity index (χ4n) is 4.20. The van der Waals surface area contributed by atoms with Crippen LogP contribution in [0.25, 0.3) is 0 Å². The van der Waals surface area contributed by atoms with Crippen LogP contribution in [-0.4, -0.2) is 28.3 Å². The van der Waals surface area contributed by atoms with Gasteiger partial charge in [0.15, 0.2) is 5.76 Å². The lowest BCUT2D eigenvalue weighted by Crippen LogP contribution is -2.30. The molecule has 1 aliphatic rings. The summed E-state index contributed by atoms with van der Waals surface area (Å²) in [4.78, 5) is 28.7. The Bertz CT molecular complexity index is 1220. The molecule has 0 bridgehead atoms. The van der Waals surface area contributed by atoms with Crippen LogP contribution < -0.4 is 4.74 Å². The Balaban J connectivity index is 1.76. The Hall–Kier alpha value is -3.38. The minimum absolute atomic E-state index is 0.0307. The van der Waals surface area contributed by atoms with E-state index in [9.17, 15) is 14.7 Å². The lowest BCUT2D eigenvalue weighted by atomic mass is 9.85. The Morgan fingerprint density at radius 1 is 1.09 bits per heavy atom. The number of carbonyl (C=O) groups excluding carboxylic acids is 2. The van der Waals surface area contributed by atoms with Crippen molar-refractivity contribution in [2.45, 2.75) is 45.7 Å². The second-order valence-corrected chi connectivity index (χ2v) is 10.3. The average Bonchev–Trinajstić information content (AvgIpc) is 3.42.